The lowest BCUT2D eigenvalue weighted by atomic mass is 9.81. The zero-order valence-electron chi connectivity index (χ0n) is 7.13. The van der Waals surface area contributed by atoms with E-state index in [9.17, 15) is 0 Å². The first kappa shape index (κ1) is 7.35. The van der Waals surface area contributed by atoms with Crippen molar-refractivity contribution in [2.24, 2.45) is 5.92 Å². The van der Waals surface area contributed by atoms with Crippen LogP contribution in [-0.2, 0) is 6.42 Å². The SMILES string of the molecule is CC1CCc2sccc2C1C. The summed E-state index contributed by atoms with van der Waals surface area (Å²) in [5.74, 6) is 1.68. The monoisotopic (exact) mass is 166 g/mol. The van der Waals surface area contributed by atoms with Crippen molar-refractivity contribution in [1.82, 2.24) is 0 Å². The van der Waals surface area contributed by atoms with Gasteiger partial charge in [0.2, 0.25) is 0 Å². The minimum Gasteiger partial charge on any atom is -0.149 e. The summed E-state index contributed by atoms with van der Waals surface area (Å²) in [6, 6.07) is 2.31. The van der Waals surface area contributed by atoms with Crippen molar-refractivity contribution in [3.05, 3.63) is 21.9 Å². The molecule has 60 valence electrons. The number of aryl methyl sites for hydroxylation is 1. The second kappa shape index (κ2) is 2.63. The van der Waals surface area contributed by atoms with Gasteiger partial charge in [-0.05, 0) is 41.7 Å². The van der Waals surface area contributed by atoms with Gasteiger partial charge in [0, 0.05) is 4.88 Å². The fourth-order valence-corrected chi connectivity index (χ4v) is 2.88. The van der Waals surface area contributed by atoms with Crippen molar-refractivity contribution in [2.45, 2.75) is 32.6 Å². The van der Waals surface area contributed by atoms with Crippen LogP contribution in [0.15, 0.2) is 11.4 Å². The fourth-order valence-electron chi connectivity index (χ4n) is 1.87. The molecule has 2 rings (SSSR count). The van der Waals surface area contributed by atoms with Gasteiger partial charge in [-0.1, -0.05) is 13.8 Å². The average Bonchev–Trinajstić information content (AvgIpc) is 2.45. The van der Waals surface area contributed by atoms with Crippen molar-refractivity contribution < 1.29 is 0 Å². The van der Waals surface area contributed by atoms with Crippen molar-refractivity contribution in [3.8, 4) is 0 Å². The van der Waals surface area contributed by atoms with E-state index in [0.29, 0.717) is 0 Å². The third-order valence-corrected chi connectivity index (χ3v) is 3.95. The molecule has 0 aliphatic heterocycles. The molecule has 0 fully saturated rings. The lowest BCUT2D eigenvalue weighted by Gasteiger charge is -2.25. The van der Waals surface area contributed by atoms with Crippen LogP contribution in [0.25, 0.3) is 0 Å². The van der Waals surface area contributed by atoms with E-state index in [0.717, 1.165) is 11.8 Å². The Labute approximate surface area is 72.3 Å². The maximum absolute atomic E-state index is 2.37. The van der Waals surface area contributed by atoms with Crippen LogP contribution in [0, 0.1) is 5.92 Å². The van der Waals surface area contributed by atoms with Crippen LogP contribution in [0.3, 0.4) is 0 Å². The van der Waals surface area contributed by atoms with Crippen molar-refractivity contribution in [1.29, 1.82) is 0 Å². The van der Waals surface area contributed by atoms with E-state index in [1.54, 1.807) is 10.4 Å². The molecule has 1 aromatic rings. The molecule has 1 heteroatoms. The van der Waals surface area contributed by atoms with Gasteiger partial charge < -0.3 is 0 Å². The minimum absolute atomic E-state index is 0.796. The predicted molar refractivity (Wildman–Crippen MR) is 50.2 cm³/mol. The topological polar surface area (TPSA) is 0 Å². The summed E-state index contributed by atoms with van der Waals surface area (Å²) in [7, 11) is 0. The van der Waals surface area contributed by atoms with E-state index in [2.05, 4.69) is 25.3 Å². The molecule has 0 amide bonds. The van der Waals surface area contributed by atoms with Gasteiger partial charge in [-0.25, -0.2) is 0 Å². The van der Waals surface area contributed by atoms with Gasteiger partial charge in [0.05, 0.1) is 0 Å². The molecular formula is C10H14S. The second-order valence-corrected chi connectivity index (χ2v) is 4.60. The van der Waals surface area contributed by atoms with E-state index in [1.807, 2.05) is 11.3 Å². The third-order valence-electron chi connectivity index (χ3n) is 2.95. The fraction of sp³-hybridized carbons (Fsp3) is 0.600. The molecule has 1 aliphatic carbocycles. The Bertz CT molecular complexity index is 249. The normalized spacial score (nSPS) is 30.0. The Morgan fingerprint density at radius 3 is 3.09 bits per heavy atom. The van der Waals surface area contributed by atoms with E-state index in [4.69, 9.17) is 0 Å². The summed E-state index contributed by atoms with van der Waals surface area (Å²) < 4.78 is 0. The van der Waals surface area contributed by atoms with Crippen LogP contribution in [0.1, 0.15) is 36.6 Å². The Hall–Kier alpha value is -0.300. The highest BCUT2D eigenvalue weighted by atomic mass is 32.1. The van der Waals surface area contributed by atoms with Gasteiger partial charge in [-0.15, -0.1) is 11.3 Å². The second-order valence-electron chi connectivity index (χ2n) is 3.60. The first-order valence-electron chi connectivity index (χ1n) is 4.35. The smallest absolute Gasteiger partial charge is 0.00801 e. The molecule has 0 nitrogen and oxygen atoms in total. The average molecular weight is 166 g/mol. The summed E-state index contributed by atoms with van der Waals surface area (Å²) in [4.78, 5) is 1.63. The summed E-state index contributed by atoms with van der Waals surface area (Å²) in [5.41, 5.74) is 1.62. The number of hydrogen-bond acceptors (Lipinski definition) is 1. The summed E-state index contributed by atoms with van der Waals surface area (Å²) >= 11 is 1.93. The molecule has 1 aliphatic rings. The summed E-state index contributed by atoms with van der Waals surface area (Å²) in [6.07, 6.45) is 2.70. The Kier molecular flexibility index (Phi) is 1.76. The van der Waals surface area contributed by atoms with Crippen molar-refractivity contribution in [2.75, 3.05) is 0 Å². The molecule has 1 heterocycles. The Balaban J connectivity index is 2.38. The highest BCUT2D eigenvalue weighted by Gasteiger charge is 2.22. The van der Waals surface area contributed by atoms with Crippen LogP contribution in [0.2, 0.25) is 0 Å². The van der Waals surface area contributed by atoms with Crippen LogP contribution in [0.5, 0.6) is 0 Å². The van der Waals surface area contributed by atoms with Gasteiger partial charge in [-0.3, -0.25) is 0 Å². The van der Waals surface area contributed by atoms with Crippen LogP contribution >= 0.6 is 11.3 Å². The molecule has 0 saturated carbocycles. The zero-order valence-corrected chi connectivity index (χ0v) is 7.95. The standard InChI is InChI=1S/C10H14S/c1-7-3-4-10-9(8(7)2)5-6-11-10/h5-8H,3-4H2,1-2H3. The van der Waals surface area contributed by atoms with E-state index >= 15 is 0 Å². The molecule has 0 saturated heterocycles. The largest absolute Gasteiger partial charge is 0.149 e. The van der Waals surface area contributed by atoms with Gasteiger partial charge in [0.25, 0.3) is 0 Å². The zero-order chi connectivity index (χ0) is 7.84. The maximum atomic E-state index is 2.37. The van der Waals surface area contributed by atoms with Crippen LogP contribution in [-0.4, -0.2) is 0 Å². The molecule has 1 aromatic heterocycles. The van der Waals surface area contributed by atoms with Crippen LogP contribution < -0.4 is 0 Å². The Morgan fingerprint density at radius 2 is 2.27 bits per heavy atom. The molecule has 0 aromatic carbocycles. The molecular weight excluding hydrogens is 152 g/mol. The molecule has 2 unspecified atom stereocenters. The van der Waals surface area contributed by atoms with E-state index in [-0.39, 0.29) is 0 Å². The van der Waals surface area contributed by atoms with Gasteiger partial charge in [0.15, 0.2) is 0 Å². The third kappa shape index (κ3) is 1.12. The Morgan fingerprint density at radius 1 is 1.45 bits per heavy atom. The highest BCUT2D eigenvalue weighted by molar-refractivity contribution is 7.10. The van der Waals surface area contributed by atoms with Crippen LogP contribution in [0.4, 0.5) is 0 Å². The molecule has 0 N–H and O–H groups in total. The summed E-state index contributed by atoms with van der Waals surface area (Å²) in [5, 5.41) is 2.24. The number of rotatable bonds is 0. The molecule has 0 bridgehead atoms. The van der Waals surface area contributed by atoms with E-state index in [1.165, 1.54) is 12.8 Å². The first-order chi connectivity index (χ1) is 5.29. The number of thiophene rings is 1. The highest BCUT2D eigenvalue weighted by Crippen LogP contribution is 2.37. The molecule has 0 spiro atoms. The minimum atomic E-state index is 0.796. The maximum Gasteiger partial charge on any atom is 0.00801 e. The van der Waals surface area contributed by atoms with Gasteiger partial charge in [0.1, 0.15) is 0 Å². The molecule has 2 atom stereocenters. The molecule has 0 radical (unpaired) electrons. The van der Waals surface area contributed by atoms with Gasteiger partial charge >= 0.3 is 0 Å². The quantitative estimate of drug-likeness (QED) is 0.554. The molecule has 11 heavy (non-hydrogen) atoms. The first-order valence-corrected chi connectivity index (χ1v) is 5.23. The number of hydrogen-bond donors (Lipinski definition) is 0. The van der Waals surface area contributed by atoms with Crippen molar-refractivity contribution in [3.63, 3.8) is 0 Å². The van der Waals surface area contributed by atoms with E-state index < -0.39 is 0 Å². The lowest BCUT2D eigenvalue weighted by molar-refractivity contribution is 0.430. The van der Waals surface area contributed by atoms with Crippen molar-refractivity contribution >= 4 is 11.3 Å². The summed E-state index contributed by atoms with van der Waals surface area (Å²) in [6.45, 7) is 4.72. The van der Waals surface area contributed by atoms with Gasteiger partial charge in [-0.2, -0.15) is 0 Å². The number of fused-ring (bicyclic) bond motifs is 1. The predicted octanol–water partition coefficient (Wildman–Crippen LogP) is 3.43. The lowest BCUT2D eigenvalue weighted by Crippen LogP contribution is -2.13.